The fourth-order valence-corrected chi connectivity index (χ4v) is 1.53. The van der Waals surface area contributed by atoms with Gasteiger partial charge in [0, 0.05) is 27.7 Å². The highest BCUT2D eigenvalue weighted by atomic mass is 16.5. The summed E-state index contributed by atoms with van der Waals surface area (Å²) >= 11 is 0. The van der Waals surface area contributed by atoms with Gasteiger partial charge in [0.2, 0.25) is 0 Å². The van der Waals surface area contributed by atoms with Crippen LogP contribution in [0.2, 0.25) is 0 Å². The molecule has 0 saturated heterocycles. The van der Waals surface area contributed by atoms with Crippen molar-refractivity contribution >= 4 is 6.03 Å². The summed E-state index contributed by atoms with van der Waals surface area (Å²) in [4.78, 5) is 14.9. The topological polar surface area (TPSA) is 32.8 Å². The first-order valence-corrected chi connectivity index (χ1v) is 5.60. The molecule has 0 radical (unpaired) electrons. The van der Waals surface area contributed by atoms with Crippen LogP contribution >= 0.6 is 0 Å². The minimum atomic E-state index is 0.0264. The third-order valence-corrected chi connectivity index (χ3v) is 2.60. The van der Waals surface area contributed by atoms with Crippen molar-refractivity contribution in [2.24, 2.45) is 0 Å². The maximum atomic E-state index is 11.6. The third-order valence-electron chi connectivity index (χ3n) is 2.60. The second-order valence-electron chi connectivity index (χ2n) is 4.20. The lowest BCUT2D eigenvalue weighted by molar-refractivity contribution is 0.182. The van der Waals surface area contributed by atoms with E-state index in [1.54, 1.807) is 31.0 Å². The molecule has 0 aromatic heterocycles. The zero-order valence-electron chi connectivity index (χ0n) is 10.9. The molecule has 0 fully saturated rings. The fourth-order valence-electron chi connectivity index (χ4n) is 1.53. The maximum absolute atomic E-state index is 11.6. The number of carbonyl (C=O) groups excluding carboxylic acids is 1. The molecular weight excluding hydrogens is 216 g/mol. The first-order chi connectivity index (χ1) is 8.04. The highest BCUT2D eigenvalue weighted by Gasteiger charge is 2.09. The van der Waals surface area contributed by atoms with Crippen LogP contribution in [0.25, 0.3) is 0 Å². The van der Waals surface area contributed by atoms with Gasteiger partial charge >= 0.3 is 6.03 Å². The Bertz CT molecular complexity index is 360. The molecule has 0 heterocycles. The van der Waals surface area contributed by atoms with Crippen LogP contribution in [0, 0.1) is 0 Å². The summed E-state index contributed by atoms with van der Waals surface area (Å²) < 4.78 is 5.09. The lowest BCUT2D eigenvalue weighted by atomic mass is 10.1. The highest BCUT2D eigenvalue weighted by molar-refractivity contribution is 5.73. The second-order valence-corrected chi connectivity index (χ2v) is 4.20. The third kappa shape index (κ3) is 3.98. The van der Waals surface area contributed by atoms with Gasteiger partial charge in [0.1, 0.15) is 5.75 Å². The summed E-state index contributed by atoms with van der Waals surface area (Å²) in [5.74, 6) is 0.853. The standard InChI is InChI=1S/C13H20N2O2/c1-14(2)13(16)15(3)10-9-11-5-7-12(17-4)8-6-11/h5-8H,9-10H2,1-4H3. The van der Waals surface area contributed by atoms with E-state index in [9.17, 15) is 4.79 Å². The smallest absolute Gasteiger partial charge is 0.319 e. The van der Waals surface area contributed by atoms with Crippen molar-refractivity contribution < 1.29 is 9.53 Å². The van der Waals surface area contributed by atoms with Gasteiger partial charge in [-0.2, -0.15) is 0 Å². The van der Waals surface area contributed by atoms with Crippen LogP contribution in [0.1, 0.15) is 5.56 Å². The minimum absolute atomic E-state index is 0.0264. The van der Waals surface area contributed by atoms with Crippen molar-refractivity contribution in [2.75, 3.05) is 34.8 Å². The summed E-state index contributed by atoms with van der Waals surface area (Å²) in [7, 11) is 6.98. The van der Waals surface area contributed by atoms with E-state index in [0.717, 1.165) is 12.2 Å². The average molecular weight is 236 g/mol. The molecule has 4 nitrogen and oxygen atoms in total. The first kappa shape index (κ1) is 13.4. The van der Waals surface area contributed by atoms with Gasteiger partial charge in [0.15, 0.2) is 0 Å². The Labute approximate surface area is 103 Å². The number of hydrogen-bond donors (Lipinski definition) is 0. The van der Waals surface area contributed by atoms with Gasteiger partial charge in [0.05, 0.1) is 7.11 Å². The van der Waals surface area contributed by atoms with Crippen LogP contribution < -0.4 is 4.74 Å². The van der Waals surface area contributed by atoms with E-state index in [0.29, 0.717) is 6.54 Å². The number of methoxy groups -OCH3 is 1. The molecule has 0 aliphatic rings. The molecule has 1 aromatic carbocycles. The Morgan fingerprint density at radius 2 is 1.76 bits per heavy atom. The Balaban J connectivity index is 2.47. The van der Waals surface area contributed by atoms with Crippen molar-refractivity contribution in [2.45, 2.75) is 6.42 Å². The number of ether oxygens (including phenoxy) is 1. The van der Waals surface area contributed by atoms with E-state index in [1.807, 2.05) is 31.3 Å². The number of benzene rings is 1. The molecule has 0 aliphatic heterocycles. The van der Waals surface area contributed by atoms with Crippen molar-refractivity contribution in [3.63, 3.8) is 0 Å². The number of nitrogens with zero attached hydrogens (tertiary/aromatic N) is 2. The quantitative estimate of drug-likeness (QED) is 0.799. The van der Waals surface area contributed by atoms with Crippen molar-refractivity contribution in [3.8, 4) is 5.75 Å². The molecule has 2 amide bonds. The molecule has 0 N–H and O–H groups in total. The molecule has 0 aliphatic carbocycles. The van der Waals surface area contributed by atoms with Crippen molar-refractivity contribution in [1.82, 2.24) is 9.80 Å². The van der Waals surface area contributed by atoms with Crippen LogP contribution in [0.5, 0.6) is 5.75 Å². The summed E-state index contributed by atoms with van der Waals surface area (Å²) in [6, 6.07) is 7.93. The monoisotopic (exact) mass is 236 g/mol. The van der Waals surface area contributed by atoms with Gasteiger partial charge in [-0.05, 0) is 24.1 Å². The van der Waals surface area contributed by atoms with Crippen LogP contribution in [0.3, 0.4) is 0 Å². The molecule has 4 heteroatoms. The van der Waals surface area contributed by atoms with Crippen LogP contribution in [0.4, 0.5) is 4.79 Å². The van der Waals surface area contributed by atoms with Crippen LogP contribution in [-0.4, -0.2) is 50.6 Å². The number of hydrogen-bond acceptors (Lipinski definition) is 2. The molecule has 0 atom stereocenters. The van der Waals surface area contributed by atoms with E-state index in [1.165, 1.54) is 5.56 Å². The molecule has 0 spiro atoms. The molecule has 94 valence electrons. The summed E-state index contributed by atoms with van der Waals surface area (Å²) in [6.45, 7) is 0.712. The van der Waals surface area contributed by atoms with Gasteiger partial charge in [-0.1, -0.05) is 12.1 Å². The number of rotatable bonds is 4. The second kappa shape index (κ2) is 6.13. The van der Waals surface area contributed by atoms with E-state index in [4.69, 9.17) is 4.74 Å². The van der Waals surface area contributed by atoms with Gasteiger partial charge in [-0.3, -0.25) is 0 Å². The minimum Gasteiger partial charge on any atom is -0.497 e. The normalized spacial score (nSPS) is 9.88. The summed E-state index contributed by atoms with van der Waals surface area (Å²) in [5.41, 5.74) is 1.20. The zero-order valence-corrected chi connectivity index (χ0v) is 10.9. The molecule has 0 saturated carbocycles. The number of carbonyl (C=O) groups is 1. The average Bonchev–Trinajstić information content (AvgIpc) is 2.35. The molecule has 0 bridgehead atoms. The predicted molar refractivity (Wildman–Crippen MR) is 68.4 cm³/mol. The van der Waals surface area contributed by atoms with Crippen LogP contribution in [-0.2, 0) is 6.42 Å². The SMILES string of the molecule is COc1ccc(CCN(C)C(=O)N(C)C)cc1. The highest BCUT2D eigenvalue weighted by Crippen LogP contribution is 2.11. The molecule has 1 aromatic rings. The fraction of sp³-hybridized carbons (Fsp3) is 0.462. The number of likely N-dealkylation sites (N-methyl/N-ethyl adjacent to an activating group) is 1. The van der Waals surface area contributed by atoms with Crippen molar-refractivity contribution in [1.29, 1.82) is 0 Å². The Morgan fingerprint density at radius 3 is 2.24 bits per heavy atom. The molecule has 0 unspecified atom stereocenters. The lowest BCUT2D eigenvalue weighted by Gasteiger charge is -2.21. The summed E-state index contributed by atoms with van der Waals surface area (Å²) in [5, 5.41) is 0. The van der Waals surface area contributed by atoms with Gasteiger partial charge < -0.3 is 14.5 Å². The van der Waals surface area contributed by atoms with Gasteiger partial charge in [0.25, 0.3) is 0 Å². The Morgan fingerprint density at radius 1 is 1.18 bits per heavy atom. The van der Waals surface area contributed by atoms with Gasteiger partial charge in [-0.25, -0.2) is 4.79 Å². The number of urea groups is 1. The van der Waals surface area contributed by atoms with E-state index < -0.39 is 0 Å². The maximum Gasteiger partial charge on any atom is 0.319 e. The largest absolute Gasteiger partial charge is 0.497 e. The Kier molecular flexibility index (Phi) is 4.82. The number of amides is 2. The predicted octanol–water partition coefficient (Wildman–Crippen LogP) is 1.85. The van der Waals surface area contributed by atoms with E-state index in [-0.39, 0.29) is 6.03 Å². The summed E-state index contributed by atoms with van der Waals surface area (Å²) in [6.07, 6.45) is 0.847. The van der Waals surface area contributed by atoms with Crippen molar-refractivity contribution in [3.05, 3.63) is 29.8 Å². The Hall–Kier alpha value is -1.71. The zero-order chi connectivity index (χ0) is 12.8. The van der Waals surface area contributed by atoms with Crippen LogP contribution in [0.15, 0.2) is 24.3 Å². The van der Waals surface area contributed by atoms with E-state index >= 15 is 0 Å². The molecular formula is C13H20N2O2. The molecule has 17 heavy (non-hydrogen) atoms. The van der Waals surface area contributed by atoms with Gasteiger partial charge in [-0.15, -0.1) is 0 Å². The molecule has 1 rings (SSSR count). The first-order valence-electron chi connectivity index (χ1n) is 5.60. The lowest BCUT2D eigenvalue weighted by Crippen LogP contribution is -2.37. The van der Waals surface area contributed by atoms with E-state index in [2.05, 4.69) is 0 Å².